The van der Waals surface area contributed by atoms with Gasteiger partial charge in [-0.2, -0.15) is 0 Å². The van der Waals surface area contributed by atoms with E-state index in [1.54, 1.807) is 12.4 Å². The number of Topliss-reactive ketones (excluding diaryl/α,β-unsaturated/α-hetero) is 1. The van der Waals surface area contributed by atoms with Crippen molar-refractivity contribution in [1.29, 1.82) is 0 Å². The van der Waals surface area contributed by atoms with E-state index >= 15 is 0 Å². The summed E-state index contributed by atoms with van der Waals surface area (Å²) in [5.41, 5.74) is 4.90. The Kier molecular flexibility index (Phi) is 12.3. The highest BCUT2D eigenvalue weighted by molar-refractivity contribution is 6.49. The molecule has 0 fully saturated rings. The number of aliphatic imine (C=N–C) groups is 1. The third kappa shape index (κ3) is 6.62. The Hall–Kier alpha value is -4.53. The number of pyridine rings is 1. The summed E-state index contributed by atoms with van der Waals surface area (Å²) in [7, 11) is 0. The normalized spacial score (nSPS) is 19.9. The summed E-state index contributed by atoms with van der Waals surface area (Å²) in [6, 6.07) is 6.26. The van der Waals surface area contributed by atoms with Crippen LogP contribution in [0.1, 0.15) is 151 Å². The fraction of sp³-hybridized carbons (Fsp3) is 0.553. The topological polar surface area (TPSA) is 115 Å². The smallest absolute Gasteiger partial charge is 0.252 e. The third-order valence-corrected chi connectivity index (χ3v) is 14.0. The zero-order chi connectivity index (χ0) is 41.5. The molecule has 302 valence electrons. The van der Waals surface area contributed by atoms with E-state index in [2.05, 4.69) is 68.6 Å². The largest absolute Gasteiger partial charge is 0.506 e. The van der Waals surface area contributed by atoms with E-state index in [0.29, 0.717) is 66.6 Å². The zero-order valence-corrected chi connectivity index (χ0v) is 36.2. The molecule has 0 radical (unpaired) electrons. The third-order valence-electron chi connectivity index (χ3n) is 14.0. The van der Waals surface area contributed by atoms with Gasteiger partial charge in [0.05, 0.1) is 28.0 Å². The molecule has 2 aromatic rings. The molecule has 1 unspecified atom stereocenters. The number of anilines is 2. The van der Waals surface area contributed by atoms with Crippen LogP contribution in [0.5, 0.6) is 0 Å². The maximum atomic E-state index is 14.9. The SMILES string of the molecule is CCN(CC)C1=CC(=NC(=O)C(CC)(CC)CC)C(=C2C(=O)C(c3cc4c(cc3NC(=O)C(CC)(CC)CC)N(C(C)C)C(C)C4(C)C)=C2O)c2cnccc21. The number of allylic oxidation sites excluding steroid dienone is 4. The summed E-state index contributed by atoms with van der Waals surface area (Å²) in [5.74, 6) is -0.886. The molecule has 1 aromatic carbocycles. The summed E-state index contributed by atoms with van der Waals surface area (Å²) in [5, 5.41) is 15.6. The standard InChI is InChI=1S/C47H65N5O4/c1-14-46(15-2,16-3)43(55)49-34-25-37-33(45(12,13)29(11)52(37)28(9)10)24-31(34)39-41(53)40(42(39)54)38-32-27-48-23-22-30(32)36(51(20-7)21-8)26-35(38)50-44(56)47(17-4,18-5)19-6/h22-29,53H,14-21H2,1-13H3,(H,49,55). The maximum Gasteiger partial charge on any atom is 0.252 e. The second kappa shape index (κ2) is 16.1. The molecule has 2 heterocycles. The van der Waals surface area contributed by atoms with Crippen LogP contribution < -0.4 is 10.2 Å². The van der Waals surface area contributed by atoms with Gasteiger partial charge in [-0.25, -0.2) is 4.99 Å². The van der Waals surface area contributed by atoms with E-state index < -0.39 is 10.8 Å². The first-order valence-corrected chi connectivity index (χ1v) is 21.1. The number of benzene rings is 1. The van der Waals surface area contributed by atoms with Crippen molar-refractivity contribution in [3.63, 3.8) is 0 Å². The lowest BCUT2D eigenvalue weighted by Crippen LogP contribution is -2.42. The van der Waals surface area contributed by atoms with Crippen molar-refractivity contribution in [2.75, 3.05) is 23.3 Å². The van der Waals surface area contributed by atoms with E-state index in [1.807, 2.05) is 65.8 Å². The van der Waals surface area contributed by atoms with Crippen LogP contribution in [0.3, 0.4) is 0 Å². The molecule has 56 heavy (non-hydrogen) atoms. The molecule has 9 heteroatoms. The molecule has 0 spiro atoms. The Morgan fingerprint density at radius 1 is 0.893 bits per heavy atom. The van der Waals surface area contributed by atoms with Crippen molar-refractivity contribution < 1.29 is 19.5 Å². The number of fused-ring (bicyclic) bond motifs is 2. The molecule has 1 aromatic heterocycles. The second-order valence-electron chi connectivity index (χ2n) is 16.7. The zero-order valence-electron chi connectivity index (χ0n) is 36.2. The minimum absolute atomic E-state index is 0.0985. The van der Waals surface area contributed by atoms with Gasteiger partial charge in [0, 0.05) is 82.0 Å². The lowest BCUT2D eigenvalue weighted by atomic mass is 9.74. The first-order valence-electron chi connectivity index (χ1n) is 21.1. The Balaban J connectivity index is 1.83. The molecule has 0 saturated carbocycles. The van der Waals surface area contributed by atoms with Crippen LogP contribution in [0.2, 0.25) is 0 Å². The monoisotopic (exact) mass is 764 g/mol. The van der Waals surface area contributed by atoms with Crippen molar-refractivity contribution in [2.24, 2.45) is 15.8 Å². The molecular formula is C47H65N5O4. The van der Waals surface area contributed by atoms with E-state index in [9.17, 15) is 19.5 Å². The number of rotatable bonds is 14. The van der Waals surface area contributed by atoms with Crippen LogP contribution in [0.4, 0.5) is 11.4 Å². The van der Waals surface area contributed by atoms with Crippen LogP contribution in [-0.2, 0) is 19.8 Å². The summed E-state index contributed by atoms with van der Waals surface area (Å²) < 4.78 is 0. The Morgan fingerprint density at radius 3 is 2.00 bits per heavy atom. The number of ketones is 1. The van der Waals surface area contributed by atoms with Gasteiger partial charge in [0.2, 0.25) is 11.7 Å². The molecule has 1 atom stereocenters. The molecular weight excluding hydrogens is 699 g/mol. The predicted molar refractivity (Wildman–Crippen MR) is 231 cm³/mol. The fourth-order valence-corrected chi connectivity index (χ4v) is 9.35. The van der Waals surface area contributed by atoms with Gasteiger partial charge in [-0.1, -0.05) is 55.4 Å². The summed E-state index contributed by atoms with van der Waals surface area (Å²) in [4.78, 5) is 57.2. The van der Waals surface area contributed by atoms with Crippen molar-refractivity contribution >= 4 is 51.5 Å². The van der Waals surface area contributed by atoms with Gasteiger partial charge in [0.1, 0.15) is 5.76 Å². The Labute approximate surface area is 335 Å². The number of amides is 2. The molecule has 0 saturated heterocycles. The average Bonchev–Trinajstić information content (AvgIpc) is 3.38. The highest BCUT2D eigenvalue weighted by atomic mass is 16.3. The van der Waals surface area contributed by atoms with Crippen molar-refractivity contribution in [1.82, 2.24) is 9.88 Å². The number of aliphatic hydroxyl groups is 1. The molecule has 2 amide bonds. The number of carbonyl (C=O) groups is 3. The predicted octanol–water partition coefficient (Wildman–Crippen LogP) is 10.3. The fourth-order valence-electron chi connectivity index (χ4n) is 9.35. The second-order valence-corrected chi connectivity index (χ2v) is 16.7. The number of nitrogens with zero attached hydrogens (tertiary/aromatic N) is 4. The molecule has 0 bridgehead atoms. The number of nitrogens with one attached hydrogen (secondary N) is 1. The van der Waals surface area contributed by atoms with Gasteiger partial charge < -0.3 is 20.2 Å². The van der Waals surface area contributed by atoms with Gasteiger partial charge in [-0.15, -0.1) is 0 Å². The van der Waals surface area contributed by atoms with Crippen LogP contribution in [0.15, 0.2) is 53.0 Å². The van der Waals surface area contributed by atoms with Crippen LogP contribution in [0.25, 0.3) is 16.8 Å². The lowest BCUT2D eigenvalue weighted by molar-refractivity contribution is -0.128. The first kappa shape index (κ1) is 42.6. The van der Waals surface area contributed by atoms with E-state index in [-0.39, 0.29) is 52.0 Å². The number of carbonyl (C=O) groups excluding carboxylic acids is 3. The van der Waals surface area contributed by atoms with Crippen molar-refractivity contribution in [3.05, 3.63) is 70.3 Å². The lowest BCUT2D eigenvalue weighted by Gasteiger charge is -2.34. The minimum Gasteiger partial charge on any atom is -0.506 e. The Bertz CT molecular complexity index is 2000. The number of hydrogen-bond donors (Lipinski definition) is 2. The number of aromatic nitrogens is 1. The van der Waals surface area contributed by atoms with E-state index in [4.69, 9.17) is 4.99 Å². The number of aliphatic hydroxyl groups excluding tert-OH is 1. The van der Waals surface area contributed by atoms with E-state index in [0.717, 1.165) is 35.6 Å². The molecule has 9 nitrogen and oxygen atoms in total. The Morgan fingerprint density at radius 2 is 1.48 bits per heavy atom. The van der Waals surface area contributed by atoms with Crippen LogP contribution in [-0.4, -0.2) is 63.5 Å². The first-order chi connectivity index (χ1) is 26.5. The molecule has 2 N–H and O–H groups in total. The molecule has 3 aliphatic rings. The molecule has 5 rings (SSSR count). The highest BCUT2D eigenvalue weighted by Gasteiger charge is 2.47. The average molecular weight is 764 g/mol. The molecule has 2 aliphatic carbocycles. The minimum atomic E-state index is -0.649. The van der Waals surface area contributed by atoms with Crippen LogP contribution >= 0.6 is 0 Å². The maximum absolute atomic E-state index is 14.9. The van der Waals surface area contributed by atoms with Gasteiger partial charge >= 0.3 is 0 Å². The van der Waals surface area contributed by atoms with Crippen molar-refractivity contribution in [3.8, 4) is 0 Å². The van der Waals surface area contributed by atoms with Gasteiger partial charge in [-0.05, 0) is 103 Å². The quantitative estimate of drug-likeness (QED) is 0.184. The van der Waals surface area contributed by atoms with Gasteiger partial charge in [0.25, 0.3) is 5.91 Å². The summed E-state index contributed by atoms with van der Waals surface area (Å²) in [6.45, 7) is 28.7. The van der Waals surface area contributed by atoms with Gasteiger partial charge in [-0.3, -0.25) is 19.4 Å². The van der Waals surface area contributed by atoms with E-state index in [1.165, 1.54) is 0 Å². The van der Waals surface area contributed by atoms with Crippen LogP contribution in [0, 0.1) is 10.8 Å². The van der Waals surface area contributed by atoms with Crippen molar-refractivity contribution in [2.45, 2.75) is 146 Å². The molecule has 1 aliphatic heterocycles. The summed E-state index contributed by atoms with van der Waals surface area (Å²) in [6.07, 6.45) is 9.22. The number of hydrogen-bond acceptors (Lipinski definition) is 7. The van der Waals surface area contributed by atoms with Gasteiger partial charge in [0.15, 0.2) is 0 Å². The highest BCUT2D eigenvalue weighted by Crippen LogP contribution is 2.52. The summed E-state index contributed by atoms with van der Waals surface area (Å²) >= 11 is 0.